The summed E-state index contributed by atoms with van der Waals surface area (Å²) in [5.41, 5.74) is 1.31. The van der Waals surface area contributed by atoms with Gasteiger partial charge in [0.15, 0.2) is 5.58 Å². The number of hydrogen-bond donors (Lipinski definition) is 2. The summed E-state index contributed by atoms with van der Waals surface area (Å²) in [6.45, 7) is 3.59. The highest BCUT2D eigenvalue weighted by atomic mass is 16.5. The summed E-state index contributed by atoms with van der Waals surface area (Å²) < 4.78 is 11.0. The summed E-state index contributed by atoms with van der Waals surface area (Å²) in [4.78, 5) is 15.2. The van der Waals surface area contributed by atoms with E-state index in [2.05, 4.69) is 17.2 Å². The number of carbonyl (C=O) groups is 1. The number of benzene rings is 1. The number of aromatic carboxylic acids is 1. The van der Waals surface area contributed by atoms with Crippen molar-refractivity contribution >= 4 is 23.1 Å². The molecule has 1 aliphatic heterocycles. The van der Waals surface area contributed by atoms with E-state index in [1.54, 1.807) is 6.07 Å². The second-order valence-electron chi connectivity index (χ2n) is 5.01. The zero-order chi connectivity index (χ0) is 14.1. The Balaban J connectivity index is 1.74. The molecule has 6 heteroatoms. The van der Waals surface area contributed by atoms with E-state index < -0.39 is 5.97 Å². The summed E-state index contributed by atoms with van der Waals surface area (Å²) in [5.74, 6) is -0.533. The average molecular weight is 276 g/mol. The minimum Gasteiger partial charge on any atom is -0.478 e. The number of anilines is 1. The lowest BCUT2D eigenvalue weighted by molar-refractivity contribution is 0.0697. The van der Waals surface area contributed by atoms with Crippen LogP contribution in [-0.4, -0.2) is 35.3 Å². The smallest absolute Gasteiger partial charge is 0.335 e. The number of aromatic nitrogens is 1. The van der Waals surface area contributed by atoms with Gasteiger partial charge in [-0.25, -0.2) is 4.79 Å². The van der Waals surface area contributed by atoms with Gasteiger partial charge in [-0.3, -0.25) is 0 Å². The van der Waals surface area contributed by atoms with Crippen LogP contribution in [0.1, 0.15) is 23.7 Å². The lowest BCUT2D eigenvalue weighted by Gasteiger charge is -2.13. The van der Waals surface area contributed by atoms with Crippen LogP contribution in [0, 0.1) is 5.92 Å². The van der Waals surface area contributed by atoms with Crippen LogP contribution in [0.4, 0.5) is 6.01 Å². The van der Waals surface area contributed by atoms with Crippen molar-refractivity contribution in [2.24, 2.45) is 5.92 Å². The third-order valence-corrected chi connectivity index (χ3v) is 3.68. The van der Waals surface area contributed by atoms with Crippen LogP contribution in [-0.2, 0) is 4.74 Å². The van der Waals surface area contributed by atoms with Gasteiger partial charge < -0.3 is 19.6 Å². The van der Waals surface area contributed by atoms with E-state index in [1.807, 2.05) is 0 Å². The molecule has 0 amide bonds. The van der Waals surface area contributed by atoms with Gasteiger partial charge in [0.25, 0.3) is 6.01 Å². The molecular formula is C14H16N2O4. The van der Waals surface area contributed by atoms with Crippen LogP contribution in [0.5, 0.6) is 0 Å². The molecule has 2 atom stereocenters. The topological polar surface area (TPSA) is 84.6 Å². The molecule has 0 aliphatic carbocycles. The molecule has 1 aliphatic rings. The fraction of sp³-hybridized carbons (Fsp3) is 0.429. The number of oxazole rings is 1. The molecule has 1 aromatic heterocycles. The highest BCUT2D eigenvalue weighted by molar-refractivity contribution is 5.92. The summed E-state index contributed by atoms with van der Waals surface area (Å²) in [6, 6.07) is 5.07. The predicted octanol–water partition coefficient (Wildman–Crippen LogP) is 2.36. The van der Waals surface area contributed by atoms with Crippen LogP contribution < -0.4 is 5.32 Å². The molecule has 0 saturated carbocycles. The lowest BCUT2D eigenvalue weighted by Crippen LogP contribution is -2.20. The van der Waals surface area contributed by atoms with E-state index in [-0.39, 0.29) is 11.7 Å². The second kappa shape index (κ2) is 5.13. The number of carboxylic acids is 1. The first-order valence-corrected chi connectivity index (χ1v) is 6.63. The molecule has 1 saturated heterocycles. The highest BCUT2D eigenvalue weighted by Gasteiger charge is 2.24. The number of nitrogens with one attached hydrogen (secondary N) is 1. The van der Waals surface area contributed by atoms with Crippen molar-refractivity contribution in [3.63, 3.8) is 0 Å². The fourth-order valence-electron chi connectivity index (χ4n) is 2.40. The third-order valence-electron chi connectivity index (χ3n) is 3.68. The summed E-state index contributed by atoms with van der Waals surface area (Å²) in [5, 5.41) is 12.1. The number of ether oxygens (including phenoxy) is 1. The molecule has 1 aromatic carbocycles. The Bertz CT molecular complexity index is 637. The molecule has 2 unspecified atom stereocenters. The van der Waals surface area contributed by atoms with E-state index in [4.69, 9.17) is 14.3 Å². The number of carboxylic acid groups (broad SMARTS) is 1. The van der Waals surface area contributed by atoms with Gasteiger partial charge in [-0.05, 0) is 31.5 Å². The van der Waals surface area contributed by atoms with Crippen molar-refractivity contribution in [1.29, 1.82) is 0 Å². The van der Waals surface area contributed by atoms with Gasteiger partial charge in [0.1, 0.15) is 5.52 Å². The SMILES string of the molecule is CC1OCCC1CNc1nc2ccc(C(=O)O)cc2o1. The third kappa shape index (κ3) is 2.46. The minimum atomic E-state index is -0.977. The number of fused-ring (bicyclic) bond motifs is 1. The van der Waals surface area contributed by atoms with Crippen LogP contribution in [0.2, 0.25) is 0 Å². The Morgan fingerprint density at radius 3 is 3.10 bits per heavy atom. The summed E-state index contributed by atoms with van der Waals surface area (Å²) in [6.07, 6.45) is 1.27. The molecule has 1 fully saturated rings. The minimum absolute atomic E-state index is 0.193. The first-order chi connectivity index (χ1) is 9.63. The number of rotatable bonds is 4. The molecule has 0 spiro atoms. The van der Waals surface area contributed by atoms with Gasteiger partial charge in [0.2, 0.25) is 0 Å². The molecule has 2 N–H and O–H groups in total. The molecule has 20 heavy (non-hydrogen) atoms. The van der Waals surface area contributed by atoms with Crippen molar-refractivity contribution in [3.8, 4) is 0 Å². The van der Waals surface area contributed by atoms with Gasteiger partial charge in [-0.15, -0.1) is 0 Å². The Hall–Kier alpha value is -2.08. The largest absolute Gasteiger partial charge is 0.478 e. The molecule has 6 nitrogen and oxygen atoms in total. The van der Waals surface area contributed by atoms with E-state index in [1.165, 1.54) is 12.1 Å². The van der Waals surface area contributed by atoms with Gasteiger partial charge in [0.05, 0.1) is 11.7 Å². The first-order valence-electron chi connectivity index (χ1n) is 6.63. The number of nitrogens with zero attached hydrogens (tertiary/aromatic N) is 1. The molecule has 0 radical (unpaired) electrons. The standard InChI is InChI=1S/C14H16N2O4/c1-8-10(4-5-19-8)7-15-14-16-11-3-2-9(13(17)18)6-12(11)20-14/h2-3,6,8,10H,4-5,7H2,1H3,(H,15,16)(H,17,18). The van der Waals surface area contributed by atoms with Gasteiger partial charge >= 0.3 is 5.97 Å². The monoisotopic (exact) mass is 276 g/mol. The van der Waals surface area contributed by atoms with Crippen molar-refractivity contribution in [2.75, 3.05) is 18.5 Å². The number of hydrogen-bond acceptors (Lipinski definition) is 5. The maximum absolute atomic E-state index is 10.9. The van der Waals surface area contributed by atoms with E-state index in [0.29, 0.717) is 23.0 Å². The normalized spacial score (nSPS) is 22.2. The van der Waals surface area contributed by atoms with Crippen molar-refractivity contribution < 1.29 is 19.1 Å². The molecule has 2 aromatic rings. The predicted molar refractivity (Wildman–Crippen MR) is 73.0 cm³/mol. The van der Waals surface area contributed by atoms with Crippen LogP contribution in [0.25, 0.3) is 11.1 Å². The molecule has 3 rings (SSSR count). The van der Waals surface area contributed by atoms with Gasteiger partial charge in [0, 0.05) is 19.1 Å². The first kappa shape index (κ1) is 12.9. The van der Waals surface area contributed by atoms with Crippen LogP contribution >= 0.6 is 0 Å². The summed E-state index contributed by atoms with van der Waals surface area (Å²) in [7, 11) is 0. The van der Waals surface area contributed by atoms with E-state index in [9.17, 15) is 4.79 Å². The molecule has 106 valence electrons. The zero-order valence-corrected chi connectivity index (χ0v) is 11.1. The molecule has 2 heterocycles. The maximum atomic E-state index is 10.9. The lowest BCUT2D eigenvalue weighted by atomic mass is 10.0. The quantitative estimate of drug-likeness (QED) is 0.891. The average Bonchev–Trinajstić information content (AvgIpc) is 3.00. The van der Waals surface area contributed by atoms with Gasteiger partial charge in [-0.1, -0.05) is 0 Å². The van der Waals surface area contributed by atoms with Crippen LogP contribution in [0.3, 0.4) is 0 Å². The Morgan fingerprint density at radius 2 is 2.40 bits per heavy atom. The molecular weight excluding hydrogens is 260 g/mol. The van der Waals surface area contributed by atoms with Crippen molar-refractivity contribution in [2.45, 2.75) is 19.4 Å². The Morgan fingerprint density at radius 1 is 1.55 bits per heavy atom. The summed E-state index contributed by atoms with van der Waals surface area (Å²) >= 11 is 0. The maximum Gasteiger partial charge on any atom is 0.335 e. The Labute approximate surface area is 115 Å². The van der Waals surface area contributed by atoms with Crippen LogP contribution in [0.15, 0.2) is 22.6 Å². The highest BCUT2D eigenvalue weighted by Crippen LogP contribution is 2.23. The Kier molecular flexibility index (Phi) is 3.31. The van der Waals surface area contributed by atoms with E-state index >= 15 is 0 Å². The zero-order valence-electron chi connectivity index (χ0n) is 11.1. The second-order valence-corrected chi connectivity index (χ2v) is 5.01. The molecule has 0 bridgehead atoms. The fourth-order valence-corrected chi connectivity index (χ4v) is 2.40. The van der Waals surface area contributed by atoms with Crippen molar-refractivity contribution in [3.05, 3.63) is 23.8 Å². The van der Waals surface area contributed by atoms with Gasteiger partial charge in [-0.2, -0.15) is 4.98 Å². The van der Waals surface area contributed by atoms with E-state index in [0.717, 1.165) is 19.6 Å². The van der Waals surface area contributed by atoms with Crippen molar-refractivity contribution in [1.82, 2.24) is 4.98 Å².